The standard InChI is InChI=1S/C9H7ClN2O/c1-12-9(13)7-4-6(5-11)2-3-8(7)10/h2-4H,1H3,(H,12,13). The van der Waals surface area contributed by atoms with Crippen LogP contribution in [0, 0.1) is 11.3 Å². The van der Waals surface area contributed by atoms with Crippen molar-refractivity contribution < 1.29 is 4.79 Å². The molecule has 0 unspecified atom stereocenters. The molecule has 1 N–H and O–H groups in total. The summed E-state index contributed by atoms with van der Waals surface area (Å²) < 4.78 is 0. The van der Waals surface area contributed by atoms with Crippen LogP contribution in [0.25, 0.3) is 0 Å². The van der Waals surface area contributed by atoms with Gasteiger partial charge in [-0.05, 0) is 18.2 Å². The molecule has 0 aromatic heterocycles. The van der Waals surface area contributed by atoms with Gasteiger partial charge in [0.1, 0.15) is 0 Å². The molecule has 3 nitrogen and oxygen atoms in total. The Morgan fingerprint density at radius 1 is 1.62 bits per heavy atom. The molecular formula is C9H7ClN2O. The zero-order valence-corrected chi connectivity index (χ0v) is 7.72. The maximum Gasteiger partial charge on any atom is 0.252 e. The number of hydrogen-bond acceptors (Lipinski definition) is 2. The Hall–Kier alpha value is -1.53. The molecule has 1 aromatic carbocycles. The fourth-order valence-electron chi connectivity index (χ4n) is 0.903. The molecule has 66 valence electrons. The van der Waals surface area contributed by atoms with Gasteiger partial charge in [-0.15, -0.1) is 0 Å². The van der Waals surface area contributed by atoms with Gasteiger partial charge in [-0.25, -0.2) is 0 Å². The van der Waals surface area contributed by atoms with Crippen LogP contribution in [0.1, 0.15) is 15.9 Å². The average molecular weight is 195 g/mol. The lowest BCUT2D eigenvalue weighted by molar-refractivity contribution is 0.0963. The molecule has 4 heteroatoms. The van der Waals surface area contributed by atoms with Crippen molar-refractivity contribution in [3.8, 4) is 6.07 Å². The smallest absolute Gasteiger partial charge is 0.252 e. The summed E-state index contributed by atoms with van der Waals surface area (Å²) in [7, 11) is 1.51. The van der Waals surface area contributed by atoms with E-state index in [2.05, 4.69) is 5.32 Å². The molecule has 1 aromatic rings. The Labute approximate surface area is 80.9 Å². The predicted molar refractivity (Wildman–Crippen MR) is 49.6 cm³/mol. The number of carbonyl (C=O) groups excluding carboxylic acids is 1. The highest BCUT2D eigenvalue weighted by molar-refractivity contribution is 6.33. The largest absolute Gasteiger partial charge is 0.355 e. The van der Waals surface area contributed by atoms with Crippen LogP contribution < -0.4 is 5.32 Å². The lowest BCUT2D eigenvalue weighted by Gasteiger charge is -2.01. The van der Waals surface area contributed by atoms with Crippen LogP contribution in [-0.2, 0) is 0 Å². The molecule has 0 heterocycles. The van der Waals surface area contributed by atoms with E-state index >= 15 is 0 Å². The summed E-state index contributed by atoms with van der Waals surface area (Å²) >= 11 is 5.76. The van der Waals surface area contributed by atoms with E-state index in [1.165, 1.54) is 19.2 Å². The molecule has 0 spiro atoms. The minimum Gasteiger partial charge on any atom is -0.355 e. The van der Waals surface area contributed by atoms with E-state index in [0.29, 0.717) is 16.1 Å². The number of halogens is 1. The van der Waals surface area contributed by atoms with Crippen LogP contribution in [0.2, 0.25) is 5.02 Å². The maximum absolute atomic E-state index is 11.2. The van der Waals surface area contributed by atoms with Gasteiger partial charge >= 0.3 is 0 Å². The molecule has 1 amide bonds. The molecular weight excluding hydrogens is 188 g/mol. The highest BCUT2D eigenvalue weighted by Gasteiger charge is 2.08. The number of benzene rings is 1. The summed E-state index contributed by atoms with van der Waals surface area (Å²) in [6.07, 6.45) is 0. The van der Waals surface area contributed by atoms with E-state index in [4.69, 9.17) is 16.9 Å². The van der Waals surface area contributed by atoms with Crippen molar-refractivity contribution in [2.24, 2.45) is 0 Å². The second-order valence-electron chi connectivity index (χ2n) is 2.39. The first-order valence-electron chi connectivity index (χ1n) is 3.60. The summed E-state index contributed by atoms with van der Waals surface area (Å²) in [4.78, 5) is 11.2. The van der Waals surface area contributed by atoms with Crippen LogP contribution >= 0.6 is 11.6 Å². The van der Waals surface area contributed by atoms with Crippen LogP contribution in [0.3, 0.4) is 0 Å². The van der Waals surface area contributed by atoms with Crippen LogP contribution in [-0.4, -0.2) is 13.0 Å². The van der Waals surface area contributed by atoms with Crippen molar-refractivity contribution in [3.05, 3.63) is 34.3 Å². The lowest BCUT2D eigenvalue weighted by atomic mass is 10.1. The van der Waals surface area contributed by atoms with Crippen LogP contribution in [0.15, 0.2) is 18.2 Å². The second kappa shape index (κ2) is 3.92. The first-order valence-corrected chi connectivity index (χ1v) is 3.98. The van der Waals surface area contributed by atoms with Crippen molar-refractivity contribution in [2.75, 3.05) is 7.05 Å². The topological polar surface area (TPSA) is 52.9 Å². The van der Waals surface area contributed by atoms with Crippen molar-refractivity contribution in [2.45, 2.75) is 0 Å². The van der Waals surface area contributed by atoms with Crippen molar-refractivity contribution in [3.63, 3.8) is 0 Å². The minimum atomic E-state index is -0.290. The molecule has 0 bridgehead atoms. The van der Waals surface area contributed by atoms with Crippen molar-refractivity contribution in [1.29, 1.82) is 5.26 Å². The Kier molecular flexibility index (Phi) is 2.88. The molecule has 0 aliphatic heterocycles. The molecule has 0 saturated carbocycles. The number of carbonyl (C=O) groups is 1. The molecule has 1 rings (SSSR count). The van der Waals surface area contributed by atoms with Gasteiger partial charge in [0.2, 0.25) is 0 Å². The normalized spacial score (nSPS) is 9.00. The molecule has 13 heavy (non-hydrogen) atoms. The predicted octanol–water partition coefficient (Wildman–Crippen LogP) is 1.57. The third-order valence-electron chi connectivity index (χ3n) is 1.57. The third-order valence-corrected chi connectivity index (χ3v) is 1.90. The Bertz CT molecular complexity index is 382. The summed E-state index contributed by atoms with van der Waals surface area (Å²) in [6.45, 7) is 0. The van der Waals surface area contributed by atoms with E-state index < -0.39 is 0 Å². The second-order valence-corrected chi connectivity index (χ2v) is 2.79. The SMILES string of the molecule is CNC(=O)c1cc(C#N)ccc1Cl. The van der Waals surface area contributed by atoms with E-state index in [-0.39, 0.29) is 5.91 Å². The van der Waals surface area contributed by atoms with Crippen LogP contribution in [0.5, 0.6) is 0 Å². The third kappa shape index (κ3) is 1.98. The Morgan fingerprint density at radius 2 is 2.31 bits per heavy atom. The molecule has 0 aliphatic carbocycles. The quantitative estimate of drug-likeness (QED) is 0.738. The zero-order valence-electron chi connectivity index (χ0n) is 6.97. The number of hydrogen-bond donors (Lipinski definition) is 1. The molecule has 0 atom stereocenters. The number of nitriles is 1. The molecule has 0 fully saturated rings. The number of nitrogens with zero attached hydrogens (tertiary/aromatic N) is 1. The average Bonchev–Trinajstić information content (AvgIpc) is 2.17. The zero-order chi connectivity index (χ0) is 9.84. The summed E-state index contributed by atoms with van der Waals surface area (Å²) in [5, 5.41) is 11.4. The highest BCUT2D eigenvalue weighted by atomic mass is 35.5. The van der Waals surface area contributed by atoms with E-state index in [1.807, 2.05) is 6.07 Å². The molecule has 0 aliphatic rings. The minimum absolute atomic E-state index is 0.290. The van der Waals surface area contributed by atoms with E-state index in [0.717, 1.165) is 0 Å². The highest BCUT2D eigenvalue weighted by Crippen LogP contribution is 2.16. The lowest BCUT2D eigenvalue weighted by Crippen LogP contribution is -2.18. The Morgan fingerprint density at radius 3 is 2.85 bits per heavy atom. The molecule has 0 radical (unpaired) electrons. The van der Waals surface area contributed by atoms with E-state index in [9.17, 15) is 4.79 Å². The fourth-order valence-corrected chi connectivity index (χ4v) is 1.11. The maximum atomic E-state index is 11.2. The Balaban J connectivity index is 3.20. The number of amides is 1. The van der Waals surface area contributed by atoms with Gasteiger partial charge in [0.05, 0.1) is 22.2 Å². The van der Waals surface area contributed by atoms with Gasteiger partial charge in [0, 0.05) is 7.05 Å². The van der Waals surface area contributed by atoms with Gasteiger partial charge in [-0.1, -0.05) is 11.6 Å². The first-order chi connectivity index (χ1) is 6.19. The monoisotopic (exact) mass is 194 g/mol. The van der Waals surface area contributed by atoms with Gasteiger partial charge in [-0.2, -0.15) is 5.26 Å². The van der Waals surface area contributed by atoms with Gasteiger partial charge < -0.3 is 5.32 Å². The van der Waals surface area contributed by atoms with Crippen molar-refractivity contribution >= 4 is 17.5 Å². The summed E-state index contributed by atoms with van der Waals surface area (Å²) in [5.41, 5.74) is 0.742. The fraction of sp³-hybridized carbons (Fsp3) is 0.111. The number of nitrogens with one attached hydrogen (secondary N) is 1. The summed E-state index contributed by atoms with van der Waals surface area (Å²) in [6, 6.07) is 6.49. The van der Waals surface area contributed by atoms with Crippen LogP contribution in [0.4, 0.5) is 0 Å². The number of rotatable bonds is 1. The van der Waals surface area contributed by atoms with Crippen molar-refractivity contribution in [1.82, 2.24) is 5.32 Å². The molecule has 0 saturated heterocycles. The summed E-state index contributed by atoms with van der Waals surface area (Å²) in [5.74, 6) is -0.290. The van der Waals surface area contributed by atoms with E-state index in [1.54, 1.807) is 6.07 Å². The first kappa shape index (κ1) is 9.56. The van der Waals surface area contributed by atoms with Gasteiger partial charge in [0.25, 0.3) is 5.91 Å². The van der Waals surface area contributed by atoms with Gasteiger partial charge in [0.15, 0.2) is 0 Å². The van der Waals surface area contributed by atoms with Gasteiger partial charge in [-0.3, -0.25) is 4.79 Å².